The first-order chi connectivity index (χ1) is 18.9. The second-order valence-electron chi connectivity index (χ2n) is 9.29. The van der Waals surface area contributed by atoms with Crippen molar-refractivity contribution in [2.45, 2.75) is 25.1 Å². The van der Waals surface area contributed by atoms with Gasteiger partial charge in [-0.15, -0.1) is 0 Å². The van der Waals surface area contributed by atoms with Crippen LogP contribution >= 0.6 is 11.6 Å². The number of benzene rings is 1. The Morgan fingerprint density at radius 3 is 2.65 bits per heavy atom. The number of sulfonamides is 1. The molecule has 1 unspecified atom stereocenters. The SMILES string of the molecule is CS(=O)(=O)N1CCC(c2c[nH]c(-c3cc(-c4cnn(Cc5ccc(Cl)cc5)c4)c(OC(=O)C(F)(F)F)cn3)n2)C1. The van der Waals surface area contributed by atoms with E-state index in [0.717, 1.165) is 18.0 Å². The summed E-state index contributed by atoms with van der Waals surface area (Å²) in [6, 6.07) is 8.54. The summed E-state index contributed by atoms with van der Waals surface area (Å²) in [7, 11) is -3.32. The van der Waals surface area contributed by atoms with Crippen molar-refractivity contribution in [2.75, 3.05) is 19.3 Å². The van der Waals surface area contributed by atoms with Gasteiger partial charge in [0.1, 0.15) is 5.69 Å². The lowest BCUT2D eigenvalue weighted by Gasteiger charge is -2.12. The Hall–Kier alpha value is -3.75. The number of rotatable bonds is 7. The molecule has 0 bridgehead atoms. The Kier molecular flexibility index (Phi) is 7.42. The van der Waals surface area contributed by atoms with Crippen molar-refractivity contribution in [3.63, 3.8) is 0 Å². The van der Waals surface area contributed by atoms with Crippen molar-refractivity contribution >= 4 is 27.6 Å². The van der Waals surface area contributed by atoms with E-state index in [-0.39, 0.29) is 17.2 Å². The molecule has 1 saturated heterocycles. The number of carbonyl (C=O) groups excluding carboxylic acids is 1. The van der Waals surface area contributed by atoms with Gasteiger partial charge in [0.05, 0.1) is 30.9 Å². The minimum Gasteiger partial charge on any atom is -0.418 e. The van der Waals surface area contributed by atoms with Crippen LogP contribution in [0.5, 0.6) is 5.75 Å². The molecule has 0 saturated carbocycles. The van der Waals surface area contributed by atoms with Crippen LogP contribution in [0.15, 0.2) is 55.1 Å². The van der Waals surface area contributed by atoms with Crippen molar-refractivity contribution in [3.05, 3.63) is 71.4 Å². The van der Waals surface area contributed by atoms with Gasteiger partial charge in [-0.2, -0.15) is 18.3 Å². The Morgan fingerprint density at radius 2 is 1.98 bits per heavy atom. The molecule has 4 aromatic rings. The molecule has 1 aromatic carbocycles. The van der Waals surface area contributed by atoms with Gasteiger partial charge in [-0.1, -0.05) is 23.7 Å². The zero-order chi connectivity index (χ0) is 28.7. The Labute approximate surface area is 231 Å². The molecule has 10 nitrogen and oxygen atoms in total. The number of H-pyrrole nitrogens is 1. The van der Waals surface area contributed by atoms with Crippen LogP contribution in [0.3, 0.4) is 0 Å². The molecule has 0 radical (unpaired) electrons. The van der Waals surface area contributed by atoms with Gasteiger partial charge in [-0.25, -0.2) is 27.5 Å². The molecule has 1 aliphatic heterocycles. The van der Waals surface area contributed by atoms with Gasteiger partial charge >= 0.3 is 12.1 Å². The lowest BCUT2D eigenvalue weighted by Crippen LogP contribution is -2.28. The zero-order valence-electron chi connectivity index (χ0n) is 20.9. The van der Waals surface area contributed by atoms with E-state index in [4.69, 9.17) is 11.6 Å². The fourth-order valence-electron chi connectivity index (χ4n) is 4.35. The molecule has 1 N–H and O–H groups in total. The van der Waals surface area contributed by atoms with Crippen molar-refractivity contribution in [2.24, 2.45) is 0 Å². The molecule has 0 spiro atoms. The second kappa shape index (κ2) is 10.7. The third-order valence-electron chi connectivity index (χ3n) is 6.38. The standard InChI is InChI=1S/C25H22ClF3N6O4S/c1-40(37,38)35-7-6-16(14-35)21-10-31-23(33-21)20-8-19(22(11-30-20)39-24(36)25(27,28)29)17-9-32-34(13-17)12-15-2-4-18(26)5-3-15/h2-5,8-11,13,16H,6-7,12,14H2,1H3,(H,31,33). The number of nitrogens with one attached hydrogen (secondary N) is 1. The van der Waals surface area contributed by atoms with Gasteiger partial charge in [0.25, 0.3) is 0 Å². The summed E-state index contributed by atoms with van der Waals surface area (Å²) in [6.07, 6.45) is 2.25. The van der Waals surface area contributed by atoms with E-state index in [1.165, 1.54) is 16.6 Å². The number of halogens is 4. The van der Waals surface area contributed by atoms with E-state index in [9.17, 15) is 26.4 Å². The molecule has 210 valence electrons. The van der Waals surface area contributed by atoms with Gasteiger partial charge in [0, 0.05) is 47.6 Å². The lowest BCUT2D eigenvalue weighted by atomic mass is 10.1. The summed E-state index contributed by atoms with van der Waals surface area (Å²) in [5, 5.41) is 4.86. The molecule has 1 atom stereocenters. The molecule has 15 heteroatoms. The smallest absolute Gasteiger partial charge is 0.418 e. The molecule has 1 aliphatic rings. The first-order valence-corrected chi connectivity index (χ1v) is 14.2. The number of ether oxygens (including phenoxy) is 1. The number of aromatic nitrogens is 5. The number of carbonyl (C=O) groups is 1. The van der Waals surface area contributed by atoms with Crippen LogP contribution in [-0.2, 0) is 21.4 Å². The zero-order valence-corrected chi connectivity index (χ0v) is 22.5. The van der Waals surface area contributed by atoms with Crippen LogP contribution in [0.4, 0.5) is 13.2 Å². The molecular weight excluding hydrogens is 573 g/mol. The van der Waals surface area contributed by atoms with E-state index < -0.39 is 27.9 Å². The first-order valence-electron chi connectivity index (χ1n) is 11.9. The minimum absolute atomic E-state index is 0.127. The Balaban J connectivity index is 1.45. The Morgan fingerprint density at radius 1 is 1.23 bits per heavy atom. The second-order valence-corrected chi connectivity index (χ2v) is 11.7. The maximum Gasteiger partial charge on any atom is 0.491 e. The molecule has 40 heavy (non-hydrogen) atoms. The summed E-state index contributed by atoms with van der Waals surface area (Å²) >= 11 is 5.93. The third kappa shape index (κ3) is 6.18. The topological polar surface area (TPSA) is 123 Å². The van der Waals surface area contributed by atoms with Gasteiger partial charge < -0.3 is 9.72 Å². The van der Waals surface area contributed by atoms with Gasteiger partial charge in [-0.3, -0.25) is 4.68 Å². The quantitative estimate of drug-likeness (QED) is 0.317. The predicted octanol–water partition coefficient (Wildman–Crippen LogP) is 4.25. The Bertz CT molecular complexity index is 1650. The molecule has 0 aliphatic carbocycles. The normalized spacial score (nSPS) is 16.4. The maximum atomic E-state index is 13.0. The van der Waals surface area contributed by atoms with E-state index in [1.807, 2.05) is 12.1 Å². The summed E-state index contributed by atoms with van der Waals surface area (Å²) in [5.74, 6) is -2.59. The monoisotopic (exact) mass is 594 g/mol. The molecule has 4 heterocycles. The van der Waals surface area contributed by atoms with Crippen LogP contribution in [0.2, 0.25) is 5.02 Å². The summed E-state index contributed by atoms with van der Waals surface area (Å²) in [6.45, 7) is 1.04. The summed E-state index contributed by atoms with van der Waals surface area (Å²) in [4.78, 5) is 23.3. The first kappa shape index (κ1) is 27.8. The van der Waals surface area contributed by atoms with Crippen LogP contribution in [0, 0.1) is 0 Å². The fraction of sp³-hybridized carbons (Fsp3) is 0.280. The number of esters is 1. The van der Waals surface area contributed by atoms with E-state index in [1.54, 1.807) is 29.2 Å². The number of hydrogen-bond donors (Lipinski definition) is 1. The summed E-state index contributed by atoms with van der Waals surface area (Å²) < 4.78 is 70.2. The van der Waals surface area contributed by atoms with Crippen molar-refractivity contribution in [1.82, 2.24) is 29.0 Å². The van der Waals surface area contributed by atoms with Gasteiger partial charge in [0.15, 0.2) is 11.6 Å². The van der Waals surface area contributed by atoms with E-state index in [0.29, 0.717) is 48.2 Å². The predicted molar refractivity (Wildman–Crippen MR) is 139 cm³/mol. The van der Waals surface area contributed by atoms with Gasteiger partial charge in [-0.05, 0) is 30.2 Å². The fourth-order valence-corrected chi connectivity index (χ4v) is 5.36. The van der Waals surface area contributed by atoms with Crippen LogP contribution < -0.4 is 4.74 Å². The average molecular weight is 595 g/mol. The number of hydrogen-bond acceptors (Lipinski definition) is 7. The number of pyridine rings is 1. The van der Waals surface area contributed by atoms with Crippen molar-refractivity contribution in [1.29, 1.82) is 0 Å². The van der Waals surface area contributed by atoms with E-state index in [2.05, 4.69) is 24.8 Å². The molecular formula is C25H22ClF3N6O4S. The highest BCUT2D eigenvalue weighted by molar-refractivity contribution is 7.88. The third-order valence-corrected chi connectivity index (χ3v) is 7.90. The van der Waals surface area contributed by atoms with E-state index >= 15 is 0 Å². The van der Waals surface area contributed by atoms with Crippen LogP contribution in [0.25, 0.3) is 22.6 Å². The van der Waals surface area contributed by atoms with Crippen LogP contribution in [0.1, 0.15) is 23.6 Å². The minimum atomic E-state index is -5.20. The molecule has 3 aromatic heterocycles. The largest absolute Gasteiger partial charge is 0.491 e. The molecule has 0 amide bonds. The molecule has 5 rings (SSSR count). The highest BCUT2D eigenvalue weighted by Gasteiger charge is 2.42. The molecule has 1 fully saturated rings. The lowest BCUT2D eigenvalue weighted by molar-refractivity contribution is -0.189. The van der Waals surface area contributed by atoms with Gasteiger partial charge in [0.2, 0.25) is 10.0 Å². The number of alkyl halides is 3. The number of imidazole rings is 1. The summed E-state index contributed by atoms with van der Waals surface area (Å²) in [5.41, 5.74) is 2.33. The average Bonchev–Trinajstić information content (AvgIpc) is 3.65. The van der Waals surface area contributed by atoms with Crippen LogP contribution in [-0.4, -0.2) is 68.9 Å². The van der Waals surface area contributed by atoms with Crippen molar-refractivity contribution < 1.29 is 31.1 Å². The number of nitrogens with zero attached hydrogens (tertiary/aromatic N) is 5. The number of aromatic amines is 1. The highest BCUT2D eigenvalue weighted by atomic mass is 35.5. The highest BCUT2D eigenvalue weighted by Crippen LogP contribution is 2.35. The maximum absolute atomic E-state index is 13.0. The van der Waals surface area contributed by atoms with Crippen molar-refractivity contribution in [3.8, 4) is 28.4 Å².